The molecule has 1 N–H and O–H groups in total. The smallest absolute Gasteiger partial charge is 0.225 e. The molecule has 0 atom stereocenters. The summed E-state index contributed by atoms with van der Waals surface area (Å²) in [7, 11) is 0. The van der Waals surface area contributed by atoms with E-state index in [1.807, 2.05) is 49.4 Å². The van der Waals surface area contributed by atoms with Gasteiger partial charge in [0.15, 0.2) is 0 Å². The Morgan fingerprint density at radius 1 is 1.04 bits per heavy atom. The van der Waals surface area contributed by atoms with Crippen LogP contribution in [0.25, 0.3) is 21.3 Å². The van der Waals surface area contributed by atoms with Gasteiger partial charge in [-0.25, -0.2) is 4.98 Å². The van der Waals surface area contributed by atoms with Gasteiger partial charge in [-0.15, -0.1) is 11.3 Å². The van der Waals surface area contributed by atoms with Crippen LogP contribution in [0.15, 0.2) is 60.0 Å². The Labute approximate surface area is 160 Å². The standard InChI is InChI=1S/C20H16ClN3OS/c1-2-25-15-10-8-14(9-11-15)22-18-17-16(13-6-4-3-5-7-13)12-26-19(17)24-20(21)23-18/h3-12H,2H2,1H3,(H,22,23,24). The highest BCUT2D eigenvalue weighted by Gasteiger charge is 2.15. The molecule has 4 rings (SSSR count). The van der Waals surface area contributed by atoms with Gasteiger partial charge < -0.3 is 10.1 Å². The molecule has 0 fully saturated rings. The largest absolute Gasteiger partial charge is 0.494 e. The summed E-state index contributed by atoms with van der Waals surface area (Å²) in [5, 5.41) is 6.66. The van der Waals surface area contributed by atoms with Gasteiger partial charge in [-0.3, -0.25) is 0 Å². The first-order valence-corrected chi connectivity index (χ1v) is 9.50. The number of ether oxygens (including phenoxy) is 1. The molecule has 0 saturated heterocycles. The van der Waals surface area contributed by atoms with E-state index in [4.69, 9.17) is 16.3 Å². The minimum atomic E-state index is 0.229. The zero-order valence-electron chi connectivity index (χ0n) is 14.1. The average Bonchev–Trinajstić information content (AvgIpc) is 3.08. The Hall–Kier alpha value is -2.63. The van der Waals surface area contributed by atoms with E-state index in [2.05, 4.69) is 32.8 Å². The SMILES string of the molecule is CCOc1ccc(Nc2nc(Cl)nc3scc(-c4ccccc4)c23)cc1. The summed E-state index contributed by atoms with van der Waals surface area (Å²) >= 11 is 7.70. The number of rotatable bonds is 5. The number of thiophene rings is 1. The molecule has 2 aromatic carbocycles. The molecule has 2 aromatic heterocycles. The van der Waals surface area contributed by atoms with E-state index in [9.17, 15) is 0 Å². The topological polar surface area (TPSA) is 47.0 Å². The summed E-state index contributed by atoms with van der Waals surface area (Å²) in [6, 6.07) is 18.0. The third-order valence-electron chi connectivity index (χ3n) is 3.92. The van der Waals surface area contributed by atoms with Crippen LogP contribution in [0.4, 0.5) is 11.5 Å². The fourth-order valence-corrected chi connectivity index (χ4v) is 3.94. The van der Waals surface area contributed by atoms with Crippen molar-refractivity contribution >= 4 is 44.7 Å². The van der Waals surface area contributed by atoms with Gasteiger partial charge in [-0.2, -0.15) is 4.98 Å². The van der Waals surface area contributed by atoms with E-state index in [1.165, 1.54) is 0 Å². The minimum absolute atomic E-state index is 0.229. The van der Waals surface area contributed by atoms with Crippen LogP contribution >= 0.6 is 22.9 Å². The summed E-state index contributed by atoms with van der Waals surface area (Å²) in [6.07, 6.45) is 0. The number of nitrogens with zero attached hydrogens (tertiary/aromatic N) is 2. The summed E-state index contributed by atoms with van der Waals surface area (Å²) in [6.45, 7) is 2.61. The second-order valence-corrected chi connectivity index (χ2v) is 6.82. The van der Waals surface area contributed by atoms with Crippen molar-refractivity contribution in [2.45, 2.75) is 6.92 Å². The quantitative estimate of drug-likeness (QED) is 0.421. The van der Waals surface area contributed by atoms with Crippen molar-refractivity contribution in [2.24, 2.45) is 0 Å². The van der Waals surface area contributed by atoms with Crippen molar-refractivity contribution < 1.29 is 4.74 Å². The predicted molar refractivity (Wildman–Crippen MR) is 109 cm³/mol. The first kappa shape index (κ1) is 16.8. The number of fused-ring (bicyclic) bond motifs is 1. The molecule has 0 unspecified atom stereocenters. The summed E-state index contributed by atoms with van der Waals surface area (Å²) < 4.78 is 5.49. The van der Waals surface area contributed by atoms with Crippen LogP contribution in [-0.2, 0) is 0 Å². The van der Waals surface area contributed by atoms with Crippen molar-refractivity contribution in [3.05, 3.63) is 65.3 Å². The van der Waals surface area contributed by atoms with Crippen molar-refractivity contribution in [1.29, 1.82) is 0 Å². The van der Waals surface area contributed by atoms with Gasteiger partial charge in [0.1, 0.15) is 16.4 Å². The van der Waals surface area contributed by atoms with Gasteiger partial charge in [0, 0.05) is 16.6 Å². The monoisotopic (exact) mass is 381 g/mol. The molecular weight excluding hydrogens is 366 g/mol. The Morgan fingerprint density at radius 2 is 1.81 bits per heavy atom. The lowest BCUT2D eigenvalue weighted by Gasteiger charge is -2.10. The van der Waals surface area contributed by atoms with Crippen LogP contribution < -0.4 is 10.1 Å². The van der Waals surface area contributed by atoms with Crippen LogP contribution in [0.1, 0.15) is 6.92 Å². The van der Waals surface area contributed by atoms with E-state index in [-0.39, 0.29) is 5.28 Å². The molecule has 26 heavy (non-hydrogen) atoms. The summed E-state index contributed by atoms with van der Waals surface area (Å²) in [4.78, 5) is 9.67. The van der Waals surface area contributed by atoms with Gasteiger partial charge in [0.25, 0.3) is 0 Å². The number of hydrogen-bond acceptors (Lipinski definition) is 5. The Bertz CT molecular complexity index is 1030. The van der Waals surface area contributed by atoms with Crippen molar-refractivity contribution in [2.75, 3.05) is 11.9 Å². The molecule has 0 amide bonds. The number of hydrogen-bond donors (Lipinski definition) is 1. The zero-order valence-corrected chi connectivity index (χ0v) is 15.6. The number of aromatic nitrogens is 2. The molecule has 0 aliphatic carbocycles. The number of benzene rings is 2. The molecule has 0 radical (unpaired) electrons. The molecule has 4 aromatic rings. The Kier molecular flexibility index (Phi) is 4.73. The Balaban J connectivity index is 1.77. The lowest BCUT2D eigenvalue weighted by Crippen LogP contribution is -1.97. The maximum atomic E-state index is 6.14. The lowest BCUT2D eigenvalue weighted by atomic mass is 10.1. The summed E-state index contributed by atoms with van der Waals surface area (Å²) in [5.41, 5.74) is 3.13. The highest BCUT2D eigenvalue weighted by atomic mass is 35.5. The van der Waals surface area contributed by atoms with E-state index >= 15 is 0 Å². The number of halogens is 1. The van der Waals surface area contributed by atoms with Gasteiger partial charge in [-0.05, 0) is 48.4 Å². The van der Waals surface area contributed by atoms with E-state index in [0.717, 1.165) is 32.8 Å². The minimum Gasteiger partial charge on any atom is -0.494 e. The van der Waals surface area contributed by atoms with Gasteiger partial charge in [-0.1, -0.05) is 30.3 Å². The van der Waals surface area contributed by atoms with E-state index in [0.29, 0.717) is 12.4 Å². The van der Waals surface area contributed by atoms with Crippen LogP contribution in [0.2, 0.25) is 5.28 Å². The van der Waals surface area contributed by atoms with Crippen LogP contribution in [-0.4, -0.2) is 16.6 Å². The zero-order chi connectivity index (χ0) is 17.9. The number of anilines is 2. The second kappa shape index (κ2) is 7.32. The van der Waals surface area contributed by atoms with Gasteiger partial charge >= 0.3 is 0 Å². The molecule has 4 nitrogen and oxygen atoms in total. The molecule has 130 valence electrons. The van der Waals surface area contributed by atoms with Crippen molar-refractivity contribution in [3.63, 3.8) is 0 Å². The lowest BCUT2D eigenvalue weighted by molar-refractivity contribution is 0.340. The second-order valence-electron chi connectivity index (χ2n) is 5.62. The molecule has 2 heterocycles. The third-order valence-corrected chi connectivity index (χ3v) is 4.96. The first-order chi connectivity index (χ1) is 12.7. The van der Waals surface area contributed by atoms with Crippen molar-refractivity contribution in [1.82, 2.24) is 9.97 Å². The van der Waals surface area contributed by atoms with Crippen molar-refractivity contribution in [3.8, 4) is 16.9 Å². The van der Waals surface area contributed by atoms with Crippen LogP contribution in [0, 0.1) is 0 Å². The maximum absolute atomic E-state index is 6.14. The molecule has 0 spiro atoms. The maximum Gasteiger partial charge on any atom is 0.225 e. The number of nitrogens with one attached hydrogen (secondary N) is 1. The molecule has 0 aliphatic rings. The third kappa shape index (κ3) is 3.36. The van der Waals surface area contributed by atoms with Crippen LogP contribution in [0.3, 0.4) is 0 Å². The van der Waals surface area contributed by atoms with E-state index < -0.39 is 0 Å². The highest BCUT2D eigenvalue weighted by molar-refractivity contribution is 7.17. The normalized spacial score (nSPS) is 10.8. The summed E-state index contributed by atoms with van der Waals surface area (Å²) in [5.74, 6) is 1.54. The fourth-order valence-electron chi connectivity index (χ4n) is 2.77. The molecule has 0 bridgehead atoms. The van der Waals surface area contributed by atoms with Gasteiger partial charge in [0.2, 0.25) is 5.28 Å². The molecule has 0 aliphatic heterocycles. The highest BCUT2D eigenvalue weighted by Crippen LogP contribution is 2.38. The van der Waals surface area contributed by atoms with E-state index in [1.54, 1.807) is 11.3 Å². The first-order valence-electron chi connectivity index (χ1n) is 8.24. The average molecular weight is 382 g/mol. The van der Waals surface area contributed by atoms with Gasteiger partial charge in [0.05, 0.1) is 12.0 Å². The predicted octanol–water partition coefficient (Wildman–Crippen LogP) is 6.15. The molecular formula is C20H16ClN3OS. The fraction of sp³-hybridized carbons (Fsp3) is 0.100. The Morgan fingerprint density at radius 3 is 2.54 bits per heavy atom. The van der Waals surface area contributed by atoms with Crippen LogP contribution in [0.5, 0.6) is 5.75 Å². The molecule has 0 saturated carbocycles. The molecule has 6 heteroatoms.